The summed E-state index contributed by atoms with van der Waals surface area (Å²) in [6.45, 7) is 6.94. The first-order valence-corrected chi connectivity index (χ1v) is 6.83. The standard InChI is InChI=1S/C17H24/c1-14-7-10-17(3,11-8-14)12-9-16-6-4-5-15(2)13-16/h4-6,9,12-14H,7-8,10-11H2,1-3H3/b12-9+. The number of rotatable bonds is 2. The highest BCUT2D eigenvalue weighted by molar-refractivity contribution is 5.51. The summed E-state index contributed by atoms with van der Waals surface area (Å²) in [5, 5.41) is 0. The van der Waals surface area contributed by atoms with Crippen LogP contribution >= 0.6 is 0 Å². The molecule has 17 heavy (non-hydrogen) atoms. The summed E-state index contributed by atoms with van der Waals surface area (Å²) in [6.07, 6.45) is 10.2. The predicted molar refractivity (Wildman–Crippen MR) is 76.0 cm³/mol. The van der Waals surface area contributed by atoms with Gasteiger partial charge in [-0.15, -0.1) is 0 Å². The Kier molecular flexibility index (Phi) is 3.71. The fraction of sp³-hybridized carbons (Fsp3) is 0.529. The SMILES string of the molecule is Cc1cccc(/C=C/C2(C)CCC(C)CC2)c1. The molecule has 0 heterocycles. The number of benzene rings is 1. The summed E-state index contributed by atoms with van der Waals surface area (Å²) in [5.74, 6) is 0.926. The van der Waals surface area contributed by atoms with Gasteiger partial charge in [0.2, 0.25) is 0 Å². The highest BCUT2D eigenvalue weighted by Crippen LogP contribution is 2.39. The molecule has 0 spiro atoms. The van der Waals surface area contributed by atoms with Crippen molar-refractivity contribution in [3.8, 4) is 0 Å². The lowest BCUT2D eigenvalue weighted by Crippen LogP contribution is -2.20. The average Bonchev–Trinajstić information content (AvgIpc) is 2.31. The molecule has 0 radical (unpaired) electrons. The van der Waals surface area contributed by atoms with Gasteiger partial charge in [-0.3, -0.25) is 0 Å². The van der Waals surface area contributed by atoms with Crippen molar-refractivity contribution >= 4 is 6.08 Å². The molecule has 0 heteroatoms. The van der Waals surface area contributed by atoms with Crippen molar-refractivity contribution in [3.63, 3.8) is 0 Å². The van der Waals surface area contributed by atoms with Crippen LogP contribution in [0.4, 0.5) is 0 Å². The zero-order valence-electron chi connectivity index (χ0n) is 11.4. The Morgan fingerprint density at radius 1 is 1.24 bits per heavy atom. The van der Waals surface area contributed by atoms with E-state index in [1.807, 2.05) is 0 Å². The van der Waals surface area contributed by atoms with Gasteiger partial charge >= 0.3 is 0 Å². The topological polar surface area (TPSA) is 0 Å². The van der Waals surface area contributed by atoms with Crippen LogP contribution in [0.1, 0.15) is 50.7 Å². The second kappa shape index (κ2) is 5.08. The van der Waals surface area contributed by atoms with Gasteiger partial charge in [0.05, 0.1) is 0 Å². The molecule has 0 atom stereocenters. The van der Waals surface area contributed by atoms with Gasteiger partial charge < -0.3 is 0 Å². The van der Waals surface area contributed by atoms with Gasteiger partial charge in [-0.2, -0.15) is 0 Å². The minimum absolute atomic E-state index is 0.427. The van der Waals surface area contributed by atoms with Crippen molar-refractivity contribution in [3.05, 3.63) is 41.5 Å². The molecule has 0 nitrogen and oxygen atoms in total. The van der Waals surface area contributed by atoms with E-state index in [0.717, 1.165) is 5.92 Å². The van der Waals surface area contributed by atoms with Crippen LogP contribution in [-0.4, -0.2) is 0 Å². The summed E-state index contributed by atoms with van der Waals surface area (Å²) in [4.78, 5) is 0. The zero-order chi connectivity index (χ0) is 12.3. The molecule has 2 rings (SSSR count). The molecule has 1 aromatic carbocycles. The predicted octanol–water partition coefficient (Wildman–Crippen LogP) is 5.22. The summed E-state index contributed by atoms with van der Waals surface area (Å²) in [6, 6.07) is 8.74. The molecule has 1 aromatic rings. The molecule has 0 amide bonds. The van der Waals surface area contributed by atoms with E-state index in [2.05, 4.69) is 57.2 Å². The Hall–Kier alpha value is -1.04. The maximum Gasteiger partial charge on any atom is -0.0143 e. The van der Waals surface area contributed by atoms with Crippen molar-refractivity contribution in [2.45, 2.75) is 46.5 Å². The Balaban J connectivity index is 2.05. The van der Waals surface area contributed by atoms with Gasteiger partial charge in [-0.05, 0) is 49.5 Å². The largest absolute Gasteiger partial charge is 0.0780 e. The van der Waals surface area contributed by atoms with E-state index in [-0.39, 0.29) is 0 Å². The third-order valence-corrected chi connectivity index (χ3v) is 4.14. The first-order valence-electron chi connectivity index (χ1n) is 6.83. The average molecular weight is 228 g/mol. The van der Waals surface area contributed by atoms with E-state index in [1.165, 1.54) is 36.8 Å². The van der Waals surface area contributed by atoms with Crippen LogP contribution < -0.4 is 0 Å². The van der Waals surface area contributed by atoms with E-state index in [0.29, 0.717) is 5.41 Å². The van der Waals surface area contributed by atoms with E-state index in [9.17, 15) is 0 Å². The Bertz CT molecular complexity index is 392. The van der Waals surface area contributed by atoms with Crippen LogP contribution in [-0.2, 0) is 0 Å². The molecule has 92 valence electrons. The fourth-order valence-corrected chi connectivity index (χ4v) is 2.66. The van der Waals surface area contributed by atoms with Crippen molar-refractivity contribution in [1.29, 1.82) is 0 Å². The summed E-state index contributed by atoms with van der Waals surface area (Å²) in [7, 11) is 0. The fourth-order valence-electron chi connectivity index (χ4n) is 2.66. The van der Waals surface area contributed by atoms with Gasteiger partial charge in [0.25, 0.3) is 0 Å². The third-order valence-electron chi connectivity index (χ3n) is 4.14. The van der Waals surface area contributed by atoms with E-state index in [1.54, 1.807) is 0 Å². The second-order valence-corrected chi connectivity index (χ2v) is 6.08. The maximum atomic E-state index is 2.44. The Labute approximate surface area is 106 Å². The van der Waals surface area contributed by atoms with Crippen LogP contribution in [0.2, 0.25) is 0 Å². The normalized spacial score (nSPS) is 29.7. The maximum absolute atomic E-state index is 2.44. The third kappa shape index (κ3) is 3.46. The molecular weight excluding hydrogens is 204 g/mol. The lowest BCUT2D eigenvalue weighted by atomic mass is 9.72. The van der Waals surface area contributed by atoms with E-state index < -0.39 is 0 Å². The molecule has 1 aliphatic rings. The summed E-state index contributed by atoms with van der Waals surface area (Å²) in [5.41, 5.74) is 3.11. The molecule has 0 aliphatic heterocycles. The minimum atomic E-state index is 0.427. The van der Waals surface area contributed by atoms with Crippen molar-refractivity contribution in [2.24, 2.45) is 11.3 Å². The van der Waals surface area contributed by atoms with Crippen LogP contribution in [0.25, 0.3) is 6.08 Å². The van der Waals surface area contributed by atoms with Gasteiger partial charge in [0, 0.05) is 0 Å². The Morgan fingerprint density at radius 3 is 2.59 bits per heavy atom. The molecule has 1 saturated carbocycles. The second-order valence-electron chi connectivity index (χ2n) is 6.08. The molecule has 0 bridgehead atoms. The highest BCUT2D eigenvalue weighted by atomic mass is 14.3. The lowest BCUT2D eigenvalue weighted by molar-refractivity contribution is 0.234. The Morgan fingerprint density at radius 2 is 1.94 bits per heavy atom. The molecule has 0 saturated heterocycles. The smallest absolute Gasteiger partial charge is 0.0143 e. The van der Waals surface area contributed by atoms with Crippen LogP contribution in [0.15, 0.2) is 30.3 Å². The van der Waals surface area contributed by atoms with Gasteiger partial charge in [-0.1, -0.05) is 55.8 Å². The van der Waals surface area contributed by atoms with Crippen molar-refractivity contribution in [2.75, 3.05) is 0 Å². The van der Waals surface area contributed by atoms with Gasteiger partial charge in [0.1, 0.15) is 0 Å². The molecule has 0 N–H and O–H groups in total. The van der Waals surface area contributed by atoms with E-state index in [4.69, 9.17) is 0 Å². The van der Waals surface area contributed by atoms with E-state index >= 15 is 0 Å². The summed E-state index contributed by atoms with van der Waals surface area (Å²) >= 11 is 0. The molecule has 1 aliphatic carbocycles. The van der Waals surface area contributed by atoms with Crippen molar-refractivity contribution in [1.82, 2.24) is 0 Å². The monoisotopic (exact) mass is 228 g/mol. The first kappa shape index (κ1) is 12.4. The number of hydrogen-bond acceptors (Lipinski definition) is 0. The van der Waals surface area contributed by atoms with Crippen molar-refractivity contribution < 1.29 is 0 Å². The van der Waals surface area contributed by atoms with Crippen LogP contribution in [0, 0.1) is 18.3 Å². The quantitative estimate of drug-likeness (QED) is 0.650. The van der Waals surface area contributed by atoms with Gasteiger partial charge in [-0.25, -0.2) is 0 Å². The van der Waals surface area contributed by atoms with Gasteiger partial charge in [0.15, 0.2) is 0 Å². The lowest BCUT2D eigenvalue weighted by Gasteiger charge is -2.33. The zero-order valence-corrected chi connectivity index (χ0v) is 11.4. The minimum Gasteiger partial charge on any atom is -0.0780 e. The molecule has 0 aromatic heterocycles. The molecular formula is C17H24. The number of hydrogen-bond donors (Lipinski definition) is 0. The first-order chi connectivity index (χ1) is 8.07. The number of allylic oxidation sites excluding steroid dienone is 1. The molecule has 1 fully saturated rings. The highest BCUT2D eigenvalue weighted by Gasteiger charge is 2.26. The summed E-state index contributed by atoms with van der Waals surface area (Å²) < 4.78 is 0. The van der Waals surface area contributed by atoms with Crippen LogP contribution in [0.3, 0.4) is 0 Å². The number of aryl methyl sites for hydroxylation is 1. The molecule has 0 unspecified atom stereocenters. The van der Waals surface area contributed by atoms with Crippen LogP contribution in [0.5, 0.6) is 0 Å².